The van der Waals surface area contributed by atoms with Gasteiger partial charge in [-0.2, -0.15) is 0 Å². The molecular weight excluding hydrogens is 333 g/mol. The molecule has 1 heterocycles. The standard InChI is InChI=1S/C14H15Cl2NO3S/c1-20-7-9(4-5-18)17-14(19)13-12(16)10-3-2-8(15)6-11(10)21-13/h2-3,6,9,18H,4-5,7H2,1H3,(H,17,19). The minimum absolute atomic E-state index is 0.0237. The molecule has 2 aromatic rings. The third-order valence-electron chi connectivity index (χ3n) is 2.98. The quantitative estimate of drug-likeness (QED) is 0.842. The molecule has 0 aliphatic heterocycles. The number of ether oxygens (including phenoxy) is 1. The Labute approximate surface area is 136 Å². The van der Waals surface area contributed by atoms with Gasteiger partial charge >= 0.3 is 0 Å². The topological polar surface area (TPSA) is 58.6 Å². The largest absolute Gasteiger partial charge is 0.396 e. The summed E-state index contributed by atoms with van der Waals surface area (Å²) in [5, 5.41) is 13.7. The molecule has 4 nitrogen and oxygen atoms in total. The number of hydrogen-bond acceptors (Lipinski definition) is 4. The first kappa shape index (κ1) is 16.5. The van der Waals surface area contributed by atoms with Crippen LogP contribution in [0.15, 0.2) is 18.2 Å². The van der Waals surface area contributed by atoms with Gasteiger partial charge in [-0.05, 0) is 18.6 Å². The number of benzene rings is 1. The number of halogens is 2. The first-order valence-corrected chi connectivity index (χ1v) is 7.92. The Morgan fingerprint density at radius 2 is 2.24 bits per heavy atom. The lowest BCUT2D eigenvalue weighted by atomic mass is 10.2. The van der Waals surface area contributed by atoms with Crippen LogP contribution in [0.3, 0.4) is 0 Å². The van der Waals surface area contributed by atoms with Crippen molar-refractivity contribution in [2.45, 2.75) is 12.5 Å². The zero-order valence-corrected chi connectivity index (χ0v) is 13.7. The van der Waals surface area contributed by atoms with E-state index in [0.717, 1.165) is 10.1 Å². The summed E-state index contributed by atoms with van der Waals surface area (Å²) in [6.07, 6.45) is 0.425. The van der Waals surface area contributed by atoms with Gasteiger partial charge in [0.25, 0.3) is 5.91 Å². The summed E-state index contributed by atoms with van der Waals surface area (Å²) in [5.41, 5.74) is 0. The second-order valence-corrected chi connectivity index (χ2v) is 6.39. The Morgan fingerprint density at radius 3 is 2.90 bits per heavy atom. The third kappa shape index (κ3) is 3.87. The van der Waals surface area contributed by atoms with E-state index in [1.807, 2.05) is 0 Å². The van der Waals surface area contributed by atoms with Crippen molar-refractivity contribution in [3.63, 3.8) is 0 Å². The molecule has 0 aliphatic rings. The van der Waals surface area contributed by atoms with E-state index in [1.54, 1.807) is 25.3 Å². The predicted molar refractivity (Wildman–Crippen MR) is 86.7 cm³/mol. The fourth-order valence-electron chi connectivity index (χ4n) is 1.99. The zero-order valence-electron chi connectivity index (χ0n) is 11.4. The van der Waals surface area contributed by atoms with E-state index in [9.17, 15) is 4.79 Å². The van der Waals surface area contributed by atoms with Crippen LogP contribution in [-0.4, -0.2) is 37.4 Å². The normalized spacial score (nSPS) is 12.6. The fourth-order valence-corrected chi connectivity index (χ4v) is 3.69. The van der Waals surface area contributed by atoms with Crippen molar-refractivity contribution in [2.24, 2.45) is 0 Å². The van der Waals surface area contributed by atoms with Crippen LogP contribution in [0.2, 0.25) is 10.0 Å². The summed E-state index contributed by atoms with van der Waals surface area (Å²) < 4.78 is 5.89. The first-order valence-electron chi connectivity index (χ1n) is 6.35. The predicted octanol–water partition coefficient (Wildman–Crippen LogP) is 3.34. The van der Waals surface area contributed by atoms with Gasteiger partial charge < -0.3 is 15.2 Å². The third-order valence-corrected chi connectivity index (χ3v) is 4.87. The SMILES string of the molecule is COCC(CCO)NC(=O)c1sc2cc(Cl)ccc2c1Cl. The lowest BCUT2D eigenvalue weighted by Gasteiger charge is -2.16. The molecule has 1 aromatic carbocycles. The van der Waals surface area contributed by atoms with E-state index in [0.29, 0.717) is 28.0 Å². The van der Waals surface area contributed by atoms with E-state index in [2.05, 4.69) is 5.32 Å². The molecule has 1 atom stereocenters. The second-order valence-electron chi connectivity index (χ2n) is 4.52. The van der Waals surface area contributed by atoms with E-state index in [4.69, 9.17) is 33.0 Å². The van der Waals surface area contributed by atoms with Crippen LogP contribution in [0.1, 0.15) is 16.1 Å². The lowest BCUT2D eigenvalue weighted by Crippen LogP contribution is -2.38. The molecule has 7 heteroatoms. The van der Waals surface area contributed by atoms with Crippen LogP contribution in [-0.2, 0) is 4.74 Å². The summed E-state index contributed by atoms with van der Waals surface area (Å²) in [6.45, 7) is 0.310. The van der Waals surface area contributed by atoms with Gasteiger partial charge in [0.2, 0.25) is 0 Å². The van der Waals surface area contributed by atoms with Gasteiger partial charge in [0.15, 0.2) is 0 Å². The van der Waals surface area contributed by atoms with Crippen molar-refractivity contribution in [1.82, 2.24) is 5.32 Å². The molecule has 2 N–H and O–H groups in total. The minimum Gasteiger partial charge on any atom is -0.396 e. The molecule has 0 fully saturated rings. The molecule has 0 bridgehead atoms. The van der Waals surface area contributed by atoms with Crippen molar-refractivity contribution < 1.29 is 14.6 Å². The summed E-state index contributed by atoms with van der Waals surface area (Å²) >= 11 is 13.5. The second kappa shape index (κ2) is 7.42. The number of fused-ring (bicyclic) bond motifs is 1. The first-order chi connectivity index (χ1) is 10.1. The molecular formula is C14H15Cl2NO3S. The maximum atomic E-state index is 12.3. The molecule has 21 heavy (non-hydrogen) atoms. The summed E-state index contributed by atoms with van der Waals surface area (Å²) in [5.74, 6) is -0.271. The Balaban J connectivity index is 2.24. The minimum atomic E-state index is -0.271. The van der Waals surface area contributed by atoms with Gasteiger partial charge in [-0.1, -0.05) is 29.3 Å². The number of aliphatic hydroxyl groups is 1. The Bertz CT molecular complexity index is 638. The van der Waals surface area contributed by atoms with Crippen LogP contribution < -0.4 is 5.32 Å². The van der Waals surface area contributed by atoms with Crippen LogP contribution >= 0.6 is 34.5 Å². The number of thiophene rings is 1. The smallest absolute Gasteiger partial charge is 0.263 e. The number of nitrogens with one attached hydrogen (secondary N) is 1. The molecule has 1 aromatic heterocycles. The van der Waals surface area contributed by atoms with E-state index in [-0.39, 0.29) is 18.6 Å². The number of carbonyl (C=O) groups excluding carboxylic acids is 1. The summed E-state index contributed by atoms with van der Waals surface area (Å²) in [4.78, 5) is 12.8. The number of aliphatic hydroxyl groups excluding tert-OH is 1. The van der Waals surface area contributed by atoms with E-state index >= 15 is 0 Å². The van der Waals surface area contributed by atoms with Crippen molar-refractivity contribution >= 4 is 50.5 Å². The Morgan fingerprint density at radius 1 is 1.48 bits per heavy atom. The van der Waals surface area contributed by atoms with E-state index in [1.165, 1.54) is 11.3 Å². The van der Waals surface area contributed by atoms with Crippen molar-refractivity contribution in [3.8, 4) is 0 Å². The number of rotatable bonds is 6. The molecule has 0 aliphatic carbocycles. The number of methoxy groups -OCH3 is 1. The van der Waals surface area contributed by atoms with Crippen molar-refractivity contribution in [1.29, 1.82) is 0 Å². The molecule has 1 unspecified atom stereocenters. The highest BCUT2D eigenvalue weighted by atomic mass is 35.5. The van der Waals surface area contributed by atoms with Crippen molar-refractivity contribution in [3.05, 3.63) is 33.1 Å². The van der Waals surface area contributed by atoms with Crippen LogP contribution in [0.5, 0.6) is 0 Å². The highest BCUT2D eigenvalue weighted by Gasteiger charge is 2.20. The molecule has 114 valence electrons. The molecule has 0 saturated heterocycles. The van der Waals surface area contributed by atoms with Gasteiger partial charge in [-0.3, -0.25) is 4.79 Å². The summed E-state index contributed by atoms with van der Waals surface area (Å²) in [6, 6.07) is 5.07. The average molecular weight is 348 g/mol. The molecule has 1 amide bonds. The molecule has 0 spiro atoms. The number of hydrogen-bond donors (Lipinski definition) is 2. The van der Waals surface area contributed by atoms with Crippen LogP contribution in [0.4, 0.5) is 0 Å². The van der Waals surface area contributed by atoms with Gasteiger partial charge in [-0.15, -0.1) is 11.3 Å². The van der Waals surface area contributed by atoms with Gasteiger partial charge in [0.05, 0.1) is 17.7 Å². The maximum absolute atomic E-state index is 12.3. The highest BCUT2D eigenvalue weighted by Crippen LogP contribution is 2.36. The van der Waals surface area contributed by atoms with Gasteiger partial charge in [0, 0.05) is 28.8 Å². The maximum Gasteiger partial charge on any atom is 0.263 e. The molecule has 2 rings (SSSR count). The Hall–Kier alpha value is -0.850. The van der Waals surface area contributed by atoms with Crippen LogP contribution in [0.25, 0.3) is 10.1 Å². The number of carbonyl (C=O) groups is 1. The van der Waals surface area contributed by atoms with Gasteiger partial charge in [0.1, 0.15) is 4.88 Å². The van der Waals surface area contributed by atoms with Crippen LogP contribution in [0, 0.1) is 0 Å². The molecule has 0 saturated carbocycles. The van der Waals surface area contributed by atoms with Gasteiger partial charge in [-0.25, -0.2) is 0 Å². The summed E-state index contributed by atoms with van der Waals surface area (Å²) in [7, 11) is 1.55. The molecule has 0 radical (unpaired) electrons. The Kier molecular flexibility index (Phi) is 5.84. The monoisotopic (exact) mass is 347 g/mol. The number of amides is 1. The van der Waals surface area contributed by atoms with Crippen molar-refractivity contribution in [2.75, 3.05) is 20.3 Å². The average Bonchev–Trinajstić information content (AvgIpc) is 2.76. The fraction of sp³-hybridized carbons (Fsp3) is 0.357. The van der Waals surface area contributed by atoms with E-state index < -0.39 is 0 Å². The zero-order chi connectivity index (χ0) is 15.4. The highest BCUT2D eigenvalue weighted by molar-refractivity contribution is 7.21. The lowest BCUT2D eigenvalue weighted by molar-refractivity contribution is 0.0883.